The second kappa shape index (κ2) is 10.2. The predicted molar refractivity (Wildman–Crippen MR) is 131 cm³/mol. The number of likely N-dealkylation sites (tertiary alicyclic amines) is 1. The predicted octanol–water partition coefficient (Wildman–Crippen LogP) is 5.05. The molecule has 3 N–H and O–H groups in total. The summed E-state index contributed by atoms with van der Waals surface area (Å²) in [6.45, 7) is 0.472. The molecule has 0 unspecified atom stereocenters. The van der Waals surface area contributed by atoms with Crippen LogP contribution in [0.25, 0.3) is 22.2 Å². The fourth-order valence-corrected chi connectivity index (χ4v) is 3.97. The topological polar surface area (TPSA) is 87.9 Å². The number of halogens is 5. The Hall–Kier alpha value is -3.50. The number of benzene rings is 2. The zero-order valence-corrected chi connectivity index (χ0v) is 19.9. The summed E-state index contributed by atoms with van der Waals surface area (Å²) in [6, 6.07) is 9.67. The highest BCUT2D eigenvalue weighted by Crippen LogP contribution is 2.25. The number of nitrogens with two attached hydrogens (primary N) is 1. The molecule has 0 atom stereocenters. The van der Waals surface area contributed by atoms with Crippen LogP contribution in [-0.4, -0.2) is 45.9 Å². The van der Waals surface area contributed by atoms with Gasteiger partial charge in [0.05, 0.1) is 33.9 Å². The Balaban J connectivity index is 0.000000325. The number of nitrogens with zero attached hydrogens (tertiary/aromatic N) is 3. The third-order valence-electron chi connectivity index (χ3n) is 5.59. The number of fused-ring (bicyclic) bond motifs is 1. The lowest BCUT2D eigenvalue weighted by molar-refractivity contribution is 0.0146. The zero-order chi connectivity index (χ0) is 26.0. The molecule has 3 heterocycles. The van der Waals surface area contributed by atoms with Crippen LogP contribution in [0.1, 0.15) is 17.8 Å². The van der Waals surface area contributed by atoms with Crippen molar-refractivity contribution < 1.29 is 17.6 Å². The van der Waals surface area contributed by atoms with Gasteiger partial charge in [-0.2, -0.15) is 0 Å². The van der Waals surface area contributed by atoms with Gasteiger partial charge in [0.2, 0.25) is 0 Å². The van der Waals surface area contributed by atoms with Crippen LogP contribution >= 0.6 is 11.6 Å². The van der Waals surface area contributed by atoms with E-state index in [4.69, 9.17) is 17.3 Å². The summed E-state index contributed by atoms with van der Waals surface area (Å²) >= 11 is 5.95. The van der Waals surface area contributed by atoms with Gasteiger partial charge >= 0.3 is 0 Å². The third kappa shape index (κ3) is 6.19. The number of H-pyrrole nitrogens is 1. The van der Waals surface area contributed by atoms with Crippen LogP contribution in [0.3, 0.4) is 0 Å². The molecule has 0 saturated carbocycles. The van der Waals surface area contributed by atoms with Crippen molar-refractivity contribution in [1.29, 1.82) is 0 Å². The van der Waals surface area contributed by atoms with E-state index >= 15 is 0 Å². The van der Waals surface area contributed by atoms with E-state index in [0.29, 0.717) is 51.7 Å². The summed E-state index contributed by atoms with van der Waals surface area (Å²) in [4.78, 5) is 25.3. The summed E-state index contributed by atoms with van der Waals surface area (Å²) in [5, 5.41) is 0.644. The average Bonchev–Trinajstić information content (AvgIpc) is 3.12. The molecule has 1 fully saturated rings. The van der Waals surface area contributed by atoms with Gasteiger partial charge in [0.25, 0.3) is 11.5 Å². The van der Waals surface area contributed by atoms with Crippen molar-refractivity contribution in [1.82, 2.24) is 19.9 Å². The lowest BCUT2D eigenvalue weighted by Crippen LogP contribution is -2.21. The van der Waals surface area contributed by atoms with Gasteiger partial charge in [-0.25, -0.2) is 22.5 Å². The van der Waals surface area contributed by atoms with Gasteiger partial charge in [-0.1, -0.05) is 17.7 Å². The Kier molecular flexibility index (Phi) is 7.28. The Morgan fingerprint density at radius 3 is 2.42 bits per heavy atom. The molecule has 188 valence electrons. The van der Waals surface area contributed by atoms with E-state index in [1.807, 2.05) is 0 Å². The molecule has 11 heteroatoms. The van der Waals surface area contributed by atoms with Crippen molar-refractivity contribution in [2.75, 3.05) is 25.9 Å². The van der Waals surface area contributed by atoms with E-state index < -0.39 is 17.6 Å². The highest BCUT2D eigenvalue weighted by molar-refractivity contribution is 6.33. The first-order valence-electron chi connectivity index (χ1n) is 10.9. The number of anilines is 1. The molecular formula is C25H22ClF4N5O. The highest BCUT2D eigenvalue weighted by atomic mass is 35.5. The SMILES string of the molecule is CN1CCC(F)(F)C1.Nc1cc2nc(Cc3ccc(-c4cc(F)cc(F)c4)nc3)[nH]c(=O)c2cc1Cl. The monoisotopic (exact) mass is 519 g/mol. The molecule has 0 bridgehead atoms. The lowest BCUT2D eigenvalue weighted by atomic mass is 10.1. The maximum absolute atomic E-state index is 13.4. The van der Waals surface area contributed by atoms with E-state index in [1.54, 1.807) is 36.3 Å². The molecule has 2 aromatic carbocycles. The minimum absolute atomic E-state index is 0.0312. The first-order valence-corrected chi connectivity index (χ1v) is 11.3. The Morgan fingerprint density at radius 1 is 1.14 bits per heavy atom. The molecule has 0 amide bonds. The van der Waals surface area contributed by atoms with Crippen molar-refractivity contribution in [2.45, 2.75) is 18.8 Å². The fourth-order valence-electron chi connectivity index (χ4n) is 3.81. The van der Waals surface area contributed by atoms with Crippen molar-refractivity contribution in [3.05, 3.63) is 87.1 Å². The molecule has 0 spiro atoms. The number of nitrogen functional groups attached to an aromatic ring is 1. The molecule has 0 aliphatic carbocycles. The fraction of sp³-hybridized carbons (Fsp3) is 0.240. The standard InChI is InChI=1S/C20H13ClF2N4O.C5H9F2N/c21-15-7-14-18(8-16(15)24)26-19(27-20(14)28)3-10-1-2-17(25-9-10)11-4-12(22)6-13(23)5-11;1-8-3-2-5(6,7)4-8/h1-2,4-9H,3,24H2,(H,26,27,28);2-4H2,1H3. The van der Waals surface area contributed by atoms with Crippen LogP contribution in [0.4, 0.5) is 23.2 Å². The van der Waals surface area contributed by atoms with Crippen LogP contribution in [0, 0.1) is 11.6 Å². The second-order valence-corrected chi connectivity index (χ2v) is 9.04. The maximum Gasteiger partial charge on any atom is 0.261 e. The quantitative estimate of drug-likeness (QED) is 0.292. The van der Waals surface area contributed by atoms with Crippen molar-refractivity contribution >= 4 is 28.2 Å². The average molecular weight is 520 g/mol. The second-order valence-electron chi connectivity index (χ2n) is 8.63. The Bertz CT molecular complexity index is 1440. The van der Waals surface area contributed by atoms with Gasteiger partial charge in [-0.05, 0) is 42.9 Å². The van der Waals surface area contributed by atoms with Gasteiger partial charge in [0.1, 0.15) is 17.5 Å². The molecule has 5 rings (SSSR count). The first kappa shape index (κ1) is 25.6. The molecule has 36 heavy (non-hydrogen) atoms. The van der Waals surface area contributed by atoms with Crippen LogP contribution in [0.2, 0.25) is 5.02 Å². The molecule has 1 saturated heterocycles. The summed E-state index contributed by atoms with van der Waals surface area (Å²) in [5.41, 5.74) is 7.80. The van der Waals surface area contributed by atoms with Gasteiger partial charge in [-0.3, -0.25) is 9.78 Å². The van der Waals surface area contributed by atoms with Crippen molar-refractivity contribution in [2.24, 2.45) is 0 Å². The van der Waals surface area contributed by atoms with Gasteiger partial charge < -0.3 is 15.6 Å². The highest BCUT2D eigenvalue weighted by Gasteiger charge is 2.36. The van der Waals surface area contributed by atoms with Crippen LogP contribution in [0.5, 0.6) is 0 Å². The van der Waals surface area contributed by atoms with E-state index in [1.165, 1.54) is 18.2 Å². The van der Waals surface area contributed by atoms with E-state index in [0.717, 1.165) is 11.6 Å². The van der Waals surface area contributed by atoms with E-state index in [2.05, 4.69) is 15.0 Å². The van der Waals surface area contributed by atoms with Gasteiger partial charge in [0.15, 0.2) is 0 Å². The summed E-state index contributed by atoms with van der Waals surface area (Å²) in [7, 11) is 1.71. The number of aromatic nitrogens is 3. The number of pyridine rings is 1. The van der Waals surface area contributed by atoms with Crippen molar-refractivity contribution in [3.8, 4) is 11.3 Å². The number of alkyl halides is 2. The first-order chi connectivity index (χ1) is 17.0. The largest absolute Gasteiger partial charge is 0.397 e. The molecule has 0 radical (unpaired) electrons. The zero-order valence-electron chi connectivity index (χ0n) is 19.2. The molecule has 2 aromatic heterocycles. The number of rotatable bonds is 3. The van der Waals surface area contributed by atoms with Crippen LogP contribution in [-0.2, 0) is 6.42 Å². The molecular weight excluding hydrogens is 498 g/mol. The summed E-state index contributed by atoms with van der Waals surface area (Å²) < 4.78 is 51.1. The van der Waals surface area contributed by atoms with Crippen molar-refractivity contribution in [3.63, 3.8) is 0 Å². The van der Waals surface area contributed by atoms with Crippen LogP contribution < -0.4 is 11.3 Å². The van der Waals surface area contributed by atoms with Crippen LogP contribution in [0.15, 0.2) is 53.5 Å². The minimum atomic E-state index is -2.41. The molecule has 4 aromatic rings. The molecule has 6 nitrogen and oxygen atoms in total. The van der Waals surface area contributed by atoms with E-state index in [9.17, 15) is 22.4 Å². The summed E-state index contributed by atoms with van der Waals surface area (Å²) in [6.07, 6.45) is 1.92. The van der Waals surface area contributed by atoms with Gasteiger partial charge in [0, 0.05) is 37.2 Å². The summed E-state index contributed by atoms with van der Waals surface area (Å²) in [5.74, 6) is -3.31. The normalized spacial score (nSPS) is 15.1. The Labute approximate surface area is 208 Å². The van der Waals surface area contributed by atoms with E-state index in [-0.39, 0.29) is 18.5 Å². The Morgan fingerprint density at radius 2 is 1.86 bits per heavy atom. The number of nitrogens with one attached hydrogen (secondary N) is 1. The molecule has 1 aliphatic rings. The smallest absolute Gasteiger partial charge is 0.261 e. The van der Waals surface area contributed by atoms with Gasteiger partial charge in [-0.15, -0.1) is 0 Å². The maximum atomic E-state index is 13.4. The number of hydrogen-bond acceptors (Lipinski definition) is 5. The number of aromatic amines is 1. The minimum Gasteiger partial charge on any atom is -0.397 e. The lowest BCUT2D eigenvalue weighted by Gasteiger charge is -2.06. The third-order valence-corrected chi connectivity index (χ3v) is 5.92. The number of hydrogen-bond donors (Lipinski definition) is 2. The molecule has 1 aliphatic heterocycles.